The molecule has 0 spiro atoms. The summed E-state index contributed by atoms with van der Waals surface area (Å²) in [7, 11) is 0. The second-order valence-corrected chi connectivity index (χ2v) is 4.80. The third-order valence-electron chi connectivity index (χ3n) is 2.72. The van der Waals surface area contributed by atoms with Crippen LogP contribution in [0.15, 0.2) is 22.6 Å². The molecule has 20 heavy (non-hydrogen) atoms. The van der Waals surface area contributed by atoms with Crippen molar-refractivity contribution >= 4 is 11.6 Å². The van der Waals surface area contributed by atoms with Crippen LogP contribution in [0.3, 0.4) is 0 Å². The maximum absolute atomic E-state index is 6.22. The smallest absolute Gasteiger partial charge is 0.253 e. The molecule has 0 aliphatic rings. The van der Waals surface area contributed by atoms with Crippen LogP contribution in [0, 0.1) is 6.92 Å². The molecule has 0 aliphatic carbocycles. The second kappa shape index (κ2) is 7.26. The summed E-state index contributed by atoms with van der Waals surface area (Å²) in [6.45, 7) is 5.71. The molecule has 108 valence electrons. The second-order valence-electron chi connectivity index (χ2n) is 4.40. The maximum Gasteiger partial charge on any atom is 0.253 e. The molecule has 2 rings (SSSR count). The summed E-state index contributed by atoms with van der Waals surface area (Å²) in [6, 6.07) is 5.60. The van der Waals surface area contributed by atoms with Crippen LogP contribution in [0.25, 0.3) is 0 Å². The average Bonchev–Trinajstić information content (AvgIpc) is 2.85. The summed E-state index contributed by atoms with van der Waals surface area (Å²) >= 11 is 6.22. The Labute approximate surface area is 123 Å². The lowest BCUT2D eigenvalue weighted by atomic mass is 10.2. The molecule has 2 aromatic rings. The first kappa shape index (κ1) is 14.8. The Hall–Kier alpha value is -1.59. The summed E-state index contributed by atoms with van der Waals surface area (Å²) in [4.78, 5) is 0. The van der Waals surface area contributed by atoms with Crippen LogP contribution in [-0.2, 0) is 13.2 Å². The number of aromatic nitrogens is 2. The Morgan fingerprint density at radius 2 is 2.20 bits per heavy atom. The zero-order valence-corrected chi connectivity index (χ0v) is 12.4. The molecule has 0 aliphatic heterocycles. The van der Waals surface area contributed by atoms with Gasteiger partial charge in [0.05, 0.1) is 0 Å². The Bertz CT molecular complexity index is 557. The van der Waals surface area contributed by atoms with Gasteiger partial charge in [0.2, 0.25) is 5.89 Å². The van der Waals surface area contributed by atoms with E-state index in [-0.39, 0.29) is 6.61 Å². The highest BCUT2D eigenvalue weighted by atomic mass is 35.5. The molecule has 5 nitrogen and oxygen atoms in total. The highest BCUT2D eigenvalue weighted by molar-refractivity contribution is 6.31. The van der Waals surface area contributed by atoms with Crippen molar-refractivity contribution in [1.29, 1.82) is 0 Å². The fourth-order valence-corrected chi connectivity index (χ4v) is 2.00. The molecular formula is C14H18ClN3O2. The molecule has 1 aromatic carbocycles. The molecular weight excluding hydrogens is 278 g/mol. The van der Waals surface area contributed by atoms with Crippen molar-refractivity contribution in [2.75, 3.05) is 6.54 Å². The van der Waals surface area contributed by atoms with Gasteiger partial charge in [-0.05, 0) is 25.1 Å². The molecule has 0 saturated carbocycles. The van der Waals surface area contributed by atoms with Gasteiger partial charge in [-0.25, -0.2) is 0 Å². The molecule has 0 atom stereocenters. The average molecular weight is 296 g/mol. The third kappa shape index (κ3) is 3.95. The summed E-state index contributed by atoms with van der Waals surface area (Å²) in [5.74, 6) is 1.71. The van der Waals surface area contributed by atoms with E-state index in [1.54, 1.807) is 6.92 Å². The number of benzene rings is 1. The summed E-state index contributed by atoms with van der Waals surface area (Å²) in [5, 5.41) is 11.7. The van der Waals surface area contributed by atoms with E-state index in [0.29, 0.717) is 23.3 Å². The number of halogens is 1. The minimum Gasteiger partial charge on any atom is -0.483 e. The summed E-state index contributed by atoms with van der Waals surface area (Å²) < 4.78 is 11.0. The zero-order valence-electron chi connectivity index (χ0n) is 11.6. The van der Waals surface area contributed by atoms with Gasteiger partial charge in [-0.2, -0.15) is 0 Å². The van der Waals surface area contributed by atoms with Gasteiger partial charge >= 0.3 is 0 Å². The van der Waals surface area contributed by atoms with Crippen molar-refractivity contribution in [2.45, 2.75) is 33.4 Å². The number of ether oxygens (including phenoxy) is 1. The molecule has 1 N–H and O–H groups in total. The molecule has 0 bridgehead atoms. The minimum atomic E-state index is 0.238. The van der Waals surface area contributed by atoms with Crippen molar-refractivity contribution in [3.8, 4) is 5.75 Å². The Kier molecular flexibility index (Phi) is 5.38. The molecule has 1 heterocycles. The number of aryl methyl sites for hydroxylation is 1. The molecule has 0 amide bonds. The fraction of sp³-hybridized carbons (Fsp3) is 0.429. The van der Waals surface area contributed by atoms with E-state index in [4.69, 9.17) is 20.8 Å². The Morgan fingerprint density at radius 3 is 2.90 bits per heavy atom. The molecule has 0 fully saturated rings. The Morgan fingerprint density at radius 1 is 1.35 bits per heavy atom. The predicted molar refractivity (Wildman–Crippen MR) is 76.8 cm³/mol. The van der Waals surface area contributed by atoms with Crippen LogP contribution >= 0.6 is 11.6 Å². The van der Waals surface area contributed by atoms with Gasteiger partial charge in [0, 0.05) is 24.1 Å². The van der Waals surface area contributed by atoms with E-state index in [2.05, 4.69) is 22.4 Å². The number of hydrogen-bond acceptors (Lipinski definition) is 5. The van der Waals surface area contributed by atoms with Crippen molar-refractivity contribution in [2.24, 2.45) is 0 Å². The molecule has 0 unspecified atom stereocenters. The molecule has 6 heteroatoms. The Balaban J connectivity index is 2.04. The van der Waals surface area contributed by atoms with Gasteiger partial charge in [-0.3, -0.25) is 0 Å². The predicted octanol–water partition coefficient (Wildman–Crippen LogP) is 3.11. The SMILES string of the molecule is CCCNCc1c(Cl)cccc1OCc1nnc(C)o1. The van der Waals surface area contributed by atoms with Gasteiger partial charge in [0.1, 0.15) is 5.75 Å². The van der Waals surface area contributed by atoms with E-state index in [9.17, 15) is 0 Å². The first-order valence-corrected chi connectivity index (χ1v) is 6.98. The van der Waals surface area contributed by atoms with Crippen LogP contribution in [0.2, 0.25) is 5.02 Å². The summed E-state index contributed by atoms with van der Waals surface area (Å²) in [6.07, 6.45) is 1.07. The van der Waals surface area contributed by atoms with Crippen LogP contribution in [-0.4, -0.2) is 16.7 Å². The van der Waals surface area contributed by atoms with Gasteiger partial charge in [0.25, 0.3) is 5.89 Å². The number of hydrogen-bond donors (Lipinski definition) is 1. The topological polar surface area (TPSA) is 60.2 Å². The quantitative estimate of drug-likeness (QED) is 0.795. The van der Waals surface area contributed by atoms with Crippen LogP contribution in [0.1, 0.15) is 30.7 Å². The molecule has 1 aromatic heterocycles. The van der Waals surface area contributed by atoms with E-state index in [0.717, 1.165) is 24.3 Å². The van der Waals surface area contributed by atoms with E-state index < -0.39 is 0 Å². The van der Waals surface area contributed by atoms with Crippen molar-refractivity contribution < 1.29 is 9.15 Å². The lowest BCUT2D eigenvalue weighted by Gasteiger charge is -2.12. The zero-order chi connectivity index (χ0) is 14.4. The number of rotatable bonds is 7. The van der Waals surface area contributed by atoms with Gasteiger partial charge < -0.3 is 14.5 Å². The first-order valence-electron chi connectivity index (χ1n) is 6.60. The van der Waals surface area contributed by atoms with E-state index >= 15 is 0 Å². The molecule has 0 radical (unpaired) electrons. The largest absolute Gasteiger partial charge is 0.483 e. The maximum atomic E-state index is 6.22. The van der Waals surface area contributed by atoms with E-state index in [1.807, 2.05) is 18.2 Å². The normalized spacial score (nSPS) is 10.8. The van der Waals surface area contributed by atoms with Gasteiger partial charge in [-0.15, -0.1) is 10.2 Å². The van der Waals surface area contributed by atoms with Crippen LogP contribution in [0.4, 0.5) is 0 Å². The lowest BCUT2D eigenvalue weighted by Crippen LogP contribution is -2.15. The molecule has 0 saturated heterocycles. The standard InChI is InChI=1S/C14H18ClN3O2/c1-3-7-16-8-11-12(15)5-4-6-13(11)19-9-14-18-17-10(2)20-14/h4-6,16H,3,7-9H2,1-2H3. The van der Waals surface area contributed by atoms with Crippen molar-refractivity contribution in [1.82, 2.24) is 15.5 Å². The van der Waals surface area contributed by atoms with Crippen molar-refractivity contribution in [3.63, 3.8) is 0 Å². The highest BCUT2D eigenvalue weighted by Gasteiger charge is 2.10. The van der Waals surface area contributed by atoms with Crippen molar-refractivity contribution in [3.05, 3.63) is 40.6 Å². The van der Waals surface area contributed by atoms with E-state index in [1.165, 1.54) is 0 Å². The number of nitrogens with zero attached hydrogens (tertiary/aromatic N) is 2. The number of nitrogens with one attached hydrogen (secondary N) is 1. The van der Waals surface area contributed by atoms with Crippen LogP contribution < -0.4 is 10.1 Å². The first-order chi connectivity index (χ1) is 9.70. The van der Waals surface area contributed by atoms with Crippen LogP contribution in [0.5, 0.6) is 5.75 Å². The van der Waals surface area contributed by atoms with Gasteiger partial charge in [0.15, 0.2) is 6.61 Å². The minimum absolute atomic E-state index is 0.238. The third-order valence-corrected chi connectivity index (χ3v) is 3.08. The summed E-state index contributed by atoms with van der Waals surface area (Å²) in [5.41, 5.74) is 0.943. The monoisotopic (exact) mass is 295 g/mol. The highest BCUT2D eigenvalue weighted by Crippen LogP contribution is 2.27. The van der Waals surface area contributed by atoms with Gasteiger partial charge in [-0.1, -0.05) is 24.6 Å². The lowest BCUT2D eigenvalue weighted by molar-refractivity contribution is 0.257. The fourth-order valence-electron chi connectivity index (χ4n) is 1.77.